The van der Waals surface area contributed by atoms with Gasteiger partial charge in [-0.3, -0.25) is 0 Å². The number of para-hydroxylation sites is 1. The monoisotopic (exact) mass is 262 g/mol. The number of amidine groups is 1. The van der Waals surface area contributed by atoms with Crippen molar-refractivity contribution in [2.24, 2.45) is 9.98 Å². The highest BCUT2D eigenvalue weighted by Crippen LogP contribution is 2.42. The summed E-state index contributed by atoms with van der Waals surface area (Å²) in [6.45, 7) is 1.92. The van der Waals surface area contributed by atoms with E-state index in [0.717, 1.165) is 22.9 Å². The van der Waals surface area contributed by atoms with Crippen LogP contribution >= 0.6 is 0 Å². The van der Waals surface area contributed by atoms with E-state index in [1.54, 1.807) is 0 Å². The van der Waals surface area contributed by atoms with E-state index in [1.165, 1.54) is 5.56 Å². The maximum Gasteiger partial charge on any atom is 0.204 e. The Morgan fingerprint density at radius 3 is 2.55 bits per heavy atom. The third-order valence-electron chi connectivity index (χ3n) is 3.75. The van der Waals surface area contributed by atoms with Gasteiger partial charge in [-0.1, -0.05) is 48.5 Å². The molecule has 2 aromatic rings. The lowest BCUT2D eigenvalue weighted by molar-refractivity contribution is 0.234. The molecule has 0 aliphatic carbocycles. The van der Waals surface area contributed by atoms with Crippen LogP contribution in [-0.2, 0) is 0 Å². The highest BCUT2D eigenvalue weighted by molar-refractivity contribution is 6.12. The van der Waals surface area contributed by atoms with Crippen molar-refractivity contribution in [2.45, 2.75) is 19.1 Å². The Morgan fingerprint density at radius 1 is 0.950 bits per heavy atom. The van der Waals surface area contributed by atoms with Crippen LogP contribution < -0.4 is 4.74 Å². The van der Waals surface area contributed by atoms with E-state index in [2.05, 4.69) is 28.2 Å². The maximum absolute atomic E-state index is 5.96. The van der Waals surface area contributed by atoms with Gasteiger partial charge in [-0.2, -0.15) is 0 Å². The predicted octanol–water partition coefficient (Wildman–Crippen LogP) is 3.41. The minimum absolute atomic E-state index is 0.0947. The number of hydrogen-bond donors (Lipinski definition) is 0. The molecule has 0 saturated carbocycles. The third-order valence-corrected chi connectivity index (χ3v) is 3.75. The molecule has 0 aromatic heterocycles. The summed E-state index contributed by atoms with van der Waals surface area (Å²) >= 11 is 0. The van der Waals surface area contributed by atoms with Crippen LogP contribution in [0.1, 0.15) is 24.0 Å². The van der Waals surface area contributed by atoms with Crippen LogP contribution in [0.2, 0.25) is 0 Å². The van der Waals surface area contributed by atoms with Crippen LogP contribution in [0.4, 0.5) is 0 Å². The molecule has 2 heterocycles. The molecular formula is C17H14N2O. The summed E-state index contributed by atoms with van der Waals surface area (Å²) in [6, 6.07) is 18.4. The van der Waals surface area contributed by atoms with Crippen molar-refractivity contribution in [3.63, 3.8) is 0 Å². The molecule has 0 bridgehead atoms. The Kier molecular flexibility index (Phi) is 2.46. The lowest BCUT2D eigenvalue weighted by Crippen LogP contribution is -2.29. The van der Waals surface area contributed by atoms with Gasteiger partial charge in [0.1, 0.15) is 11.6 Å². The average Bonchev–Trinajstić information content (AvgIpc) is 2.85. The SMILES string of the molecule is CC1=NC2Oc3ccccc3C2C(c2ccccc2)=N1. The van der Waals surface area contributed by atoms with Crippen LogP contribution in [0.3, 0.4) is 0 Å². The molecule has 2 aliphatic rings. The minimum Gasteiger partial charge on any atom is -0.467 e. The summed E-state index contributed by atoms with van der Waals surface area (Å²) in [4.78, 5) is 9.22. The first kappa shape index (κ1) is 11.4. The number of nitrogens with zero attached hydrogens (tertiary/aromatic N) is 2. The first-order chi connectivity index (χ1) is 9.83. The maximum atomic E-state index is 5.96. The van der Waals surface area contributed by atoms with E-state index in [0.29, 0.717) is 0 Å². The lowest BCUT2D eigenvalue weighted by atomic mass is 9.89. The molecule has 2 aliphatic heterocycles. The molecule has 0 radical (unpaired) electrons. The Balaban J connectivity index is 1.88. The van der Waals surface area contributed by atoms with E-state index >= 15 is 0 Å². The van der Waals surface area contributed by atoms with Crippen molar-refractivity contribution in [1.29, 1.82) is 0 Å². The fraction of sp³-hybridized carbons (Fsp3) is 0.176. The van der Waals surface area contributed by atoms with Crippen molar-refractivity contribution in [1.82, 2.24) is 0 Å². The predicted molar refractivity (Wildman–Crippen MR) is 79.7 cm³/mol. The molecule has 2 aromatic carbocycles. The molecule has 0 N–H and O–H groups in total. The molecule has 0 saturated heterocycles. The highest BCUT2D eigenvalue weighted by Gasteiger charge is 2.40. The quantitative estimate of drug-likeness (QED) is 0.775. The van der Waals surface area contributed by atoms with E-state index in [1.807, 2.05) is 43.3 Å². The van der Waals surface area contributed by atoms with Gasteiger partial charge in [-0.25, -0.2) is 9.98 Å². The van der Waals surface area contributed by atoms with Gasteiger partial charge in [-0.05, 0) is 18.6 Å². The molecule has 0 spiro atoms. The van der Waals surface area contributed by atoms with Crippen LogP contribution in [0.15, 0.2) is 64.6 Å². The third kappa shape index (κ3) is 1.67. The van der Waals surface area contributed by atoms with Gasteiger partial charge >= 0.3 is 0 Å². The van der Waals surface area contributed by atoms with Gasteiger partial charge in [0, 0.05) is 5.56 Å². The Hall–Kier alpha value is -2.42. The Labute approximate surface area is 117 Å². The minimum atomic E-state index is -0.180. The number of hydrogen-bond acceptors (Lipinski definition) is 3. The molecule has 0 amide bonds. The molecule has 20 heavy (non-hydrogen) atoms. The van der Waals surface area contributed by atoms with E-state index < -0.39 is 0 Å². The van der Waals surface area contributed by atoms with E-state index in [-0.39, 0.29) is 12.1 Å². The summed E-state index contributed by atoms with van der Waals surface area (Å²) in [6.07, 6.45) is -0.180. The molecular weight excluding hydrogens is 248 g/mol. The van der Waals surface area contributed by atoms with Crippen molar-refractivity contribution in [3.8, 4) is 5.75 Å². The molecule has 0 fully saturated rings. The second-order valence-electron chi connectivity index (χ2n) is 5.06. The molecule has 3 heteroatoms. The molecule has 4 rings (SSSR count). The molecule has 2 atom stereocenters. The number of benzene rings is 2. The van der Waals surface area contributed by atoms with Crippen LogP contribution in [0.25, 0.3) is 0 Å². The zero-order chi connectivity index (χ0) is 13.5. The van der Waals surface area contributed by atoms with Gasteiger partial charge in [0.2, 0.25) is 6.23 Å². The van der Waals surface area contributed by atoms with Crippen molar-refractivity contribution in [3.05, 3.63) is 65.7 Å². The number of rotatable bonds is 1. The second-order valence-corrected chi connectivity index (χ2v) is 5.06. The van der Waals surface area contributed by atoms with E-state index in [4.69, 9.17) is 4.74 Å². The van der Waals surface area contributed by atoms with Crippen LogP contribution in [0.5, 0.6) is 5.75 Å². The lowest BCUT2D eigenvalue weighted by Gasteiger charge is -2.22. The number of ether oxygens (including phenoxy) is 1. The summed E-state index contributed by atoms with van der Waals surface area (Å²) in [7, 11) is 0. The van der Waals surface area contributed by atoms with Gasteiger partial charge in [0.05, 0.1) is 11.6 Å². The molecule has 98 valence electrons. The normalized spacial score (nSPS) is 23.2. The summed E-state index contributed by atoms with van der Waals surface area (Å²) in [5.41, 5.74) is 3.36. The standard InChI is InChI=1S/C17H14N2O/c1-11-18-16(12-7-3-2-4-8-12)15-13-9-5-6-10-14(13)20-17(15)19-11/h2-10,15,17H,1H3. The largest absolute Gasteiger partial charge is 0.467 e. The highest BCUT2D eigenvalue weighted by atomic mass is 16.5. The summed E-state index contributed by atoms with van der Waals surface area (Å²) < 4.78 is 5.96. The number of fused-ring (bicyclic) bond motifs is 3. The summed E-state index contributed by atoms with van der Waals surface area (Å²) in [5.74, 6) is 1.79. The Morgan fingerprint density at radius 2 is 1.70 bits per heavy atom. The smallest absolute Gasteiger partial charge is 0.204 e. The number of aliphatic imine (C=N–C) groups is 2. The Bertz CT molecular complexity index is 719. The van der Waals surface area contributed by atoms with Crippen LogP contribution in [0, 0.1) is 0 Å². The van der Waals surface area contributed by atoms with Crippen molar-refractivity contribution >= 4 is 11.5 Å². The topological polar surface area (TPSA) is 34.0 Å². The van der Waals surface area contributed by atoms with Gasteiger partial charge in [0.25, 0.3) is 0 Å². The molecule has 2 unspecified atom stereocenters. The van der Waals surface area contributed by atoms with Gasteiger partial charge in [0.15, 0.2) is 0 Å². The van der Waals surface area contributed by atoms with Crippen molar-refractivity contribution < 1.29 is 4.74 Å². The fourth-order valence-corrected chi connectivity index (χ4v) is 2.89. The van der Waals surface area contributed by atoms with Crippen LogP contribution in [-0.4, -0.2) is 17.8 Å². The summed E-state index contributed by atoms with van der Waals surface area (Å²) in [5, 5.41) is 0. The van der Waals surface area contributed by atoms with Gasteiger partial charge in [-0.15, -0.1) is 0 Å². The van der Waals surface area contributed by atoms with Gasteiger partial charge < -0.3 is 4.74 Å². The first-order valence-corrected chi connectivity index (χ1v) is 6.77. The second kappa shape index (κ2) is 4.30. The average molecular weight is 262 g/mol. The fourth-order valence-electron chi connectivity index (χ4n) is 2.89. The molecule has 3 nitrogen and oxygen atoms in total. The van der Waals surface area contributed by atoms with Crippen molar-refractivity contribution in [2.75, 3.05) is 0 Å². The van der Waals surface area contributed by atoms with E-state index in [9.17, 15) is 0 Å². The zero-order valence-corrected chi connectivity index (χ0v) is 11.2. The zero-order valence-electron chi connectivity index (χ0n) is 11.2. The first-order valence-electron chi connectivity index (χ1n) is 6.77.